The fraction of sp³-hybridized carbons (Fsp3) is 0.444. The lowest BCUT2D eigenvalue weighted by Crippen LogP contribution is -2.34. The first-order valence-corrected chi connectivity index (χ1v) is 9.45. The summed E-state index contributed by atoms with van der Waals surface area (Å²) in [6.07, 6.45) is 0.678. The Hall–Kier alpha value is -1.90. The summed E-state index contributed by atoms with van der Waals surface area (Å²) in [6.45, 7) is 4.02. The van der Waals surface area contributed by atoms with Crippen molar-refractivity contribution in [2.75, 3.05) is 32.8 Å². The van der Waals surface area contributed by atoms with Crippen LogP contribution in [0.25, 0.3) is 0 Å². The van der Waals surface area contributed by atoms with Gasteiger partial charge in [0.25, 0.3) is 5.91 Å². The number of pyridine rings is 1. The first kappa shape index (κ1) is 17.5. The van der Waals surface area contributed by atoms with Crippen molar-refractivity contribution in [2.45, 2.75) is 12.6 Å². The molecule has 0 N–H and O–H groups in total. The maximum atomic E-state index is 13.9. The Balaban J connectivity index is 1.45. The number of rotatable bonds is 3. The van der Waals surface area contributed by atoms with Crippen molar-refractivity contribution in [3.05, 3.63) is 52.0 Å². The van der Waals surface area contributed by atoms with Crippen LogP contribution in [-0.4, -0.2) is 59.6 Å². The lowest BCUT2D eigenvalue weighted by Gasteiger charge is -2.23. The van der Waals surface area contributed by atoms with E-state index in [1.807, 2.05) is 6.07 Å². The molecule has 5 nitrogen and oxygen atoms in total. The Kier molecular flexibility index (Phi) is 4.97. The van der Waals surface area contributed by atoms with Crippen molar-refractivity contribution in [3.8, 4) is 0 Å². The Morgan fingerprint density at radius 1 is 1.35 bits per heavy atom. The van der Waals surface area contributed by atoms with Crippen LogP contribution in [0.2, 0.25) is 0 Å². The lowest BCUT2D eigenvalue weighted by atomic mass is 10.1. The summed E-state index contributed by atoms with van der Waals surface area (Å²) in [6, 6.07) is 5.00. The highest BCUT2D eigenvalue weighted by Crippen LogP contribution is 2.26. The molecule has 2 saturated heterocycles. The van der Waals surface area contributed by atoms with Crippen LogP contribution < -0.4 is 0 Å². The molecule has 1 amide bonds. The number of ether oxygens (including phenoxy) is 1. The van der Waals surface area contributed by atoms with Gasteiger partial charge in [0.05, 0.1) is 24.5 Å². The van der Waals surface area contributed by atoms with Gasteiger partial charge in [0.15, 0.2) is 5.82 Å². The minimum absolute atomic E-state index is 0.0676. The van der Waals surface area contributed by atoms with E-state index in [2.05, 4.69) is 21.3 Å². The summed E-state index contributed by atoms with van der Waals surface area (Å²) >= 11 is 1.72. The predicted octanol–water partition coefficient (Wildman–Crippen LogP) is 2.39. The second-order valence-electron chi connectivity index (χ2n) is 6.68. The number of fused-ring (bicyclic) bond motifs is 1. The molecule has 2 atom stereocenters. The average molecular weight is 379 g/mol. The zero-order valence-electron chi connectivity index (χ0n) is 14.1. The first-order chi connectivity index (χ1) is 12.6. The number of hydrogen-bond acceptors (Lipinski definition) is 5. The molecule has 2 fully saturated rings. The molecule has 2 aliphatic rings. The predicted molar refractivity (Wildman–Crippen MR) is 92.9 cm³/mol. The van der Waals surface area contributed by atoms with E-state index < -0.39 is 17.7 Å². The van der Waals surface area contributed by atoms with Crippen molar-refractivity contribution in [1.82, 2.24) is 14.8 Å². The van der Waals surface area contributed by atoms with Crippen LogP contribution in [0.5, 0.6) is 0 Å². The molecule has 138 valence electrons. The molecule has 2 aromatic heterocycles. The molecule has 0 aliphatic carbocycles. The summed E-state index contributed by atoms with van der Waals surface area (Å²) in [5, 5.41) is 2.06. The van der Waals surface area contributed by atoms with Gasteiger partial charge in [-0.05, 0) is 11.4 Å². The summed E-state index contributed by atoms with van der Waals surface area (Å²) in [5.74, 6) is -2.01. The molecule has 8 heteroatoms. The molecule has 0 bridgehead atoms. The fourth-order valence-electron chi connectivity index (χ4n) is 3.64. The van der Waals surface area contributed by atoms with Crippen molar-refractivity contribution in [2.24, 2.45) is 5.92 Å². The van der Waals surface area contributed by atoms with Gasteiger partial charge in [0.1, 0.15) is 0 Å². The van der Waals surface area contributed by atoms with Gasteiger partial charge in [0.2, 0.25) is 5.95 Å². The Morgan fingerprint density at radius 3 is 3.04 bits per heavy atom. The number of amides is 1. The molecule has 4 heterocycles. The quantitative estimate of drug-likeness (QED) is 0.769. The summed E-state index contributed by atoms with van der Waals surface area (Å²) in [5.41, 5.74) is -0.274. The third-order valence-corrected chi connectivity index (χ3v) is 5.77. The number of thiophene rings is 1. The average Bonchev–Trinajstić information content (AvgIpc) is 3.23. The highest BCUT2D eigenvalue weighted by Gasteiger charge is 2.39. The highest BCUT2D eigenvalue weighted by atomic mass is 32.1. The van der Waals surface area contributed by atoms with Gasteiger partial charge in [-0.2, -0.15) is 4.39 Å². The topological polar surface area (TPSA) is 45.7 Å². The van der Waals surface area contributed by atoms with Crippen LogP contribution in [-0.2, 0) is 11.3 Å². The van der Waals surface area contributed by atoms with Crippen LogP contribution in [0.15, 0.2) is 29.8 Å². The van der Waals surface area contributed by atoms with Crippen LogP contribution in [0.1, 0.15) is 15.2 Å². The summed E-state index contributed by atoms with van der Waals surface area (Å²) in [4.78, 5) is 21.0. The van der Waals surface area contributed by atoms with Crippen molar-refractivity contribution < 1.29 is 18.3 Å². The Bertz CT molecular complexity index is 787. The number of carbonyl (C=O) groups is 1. The monoisotopic (exact) mass is 379 g/mol. The number of nitrogens with zero attached hydrogens (tertiary/aromatic N) is 3. The third kappa shape index (κ3) is 3.62. The zero-order valence-corrected chi connectivity index (χ0v) is 14.9. The van der Waals surface area contributed by atoms with Gasteiger partial charge in [-0.1, -0.05) is 6.07 Å². The highest BCUT2D eigenvalue weighted by molar-refractivity contribution is 7.09. The van der Waals surface area contributed by atoms with Crippen molar-refractivity contribution in [3.63, 3.8) is 0 Å². The SMILES string of the molecule is O=C(c1cc(F)ncc1F)N1C[C@@H]2CN(Cc3cccs3)CCO[C@@H]2C1. The summed E-state index contributed by atoms with van der Waals surface area (Å²) < 4.78 is 33.1. The zero-order chi connectivity index (χ0) is 18.1. The van der Waals surface area contributed by atoms with Crippen molar-refractivity contribution in [1.29, 1.82) is 0 Å². The lowest BCUT2D eigenvalue weighted by molar-refractivity contribution is 0.0482. The maximum absolute atomic E-state index is 13.9. The van der Waals surface area contributed by atoms with E-state index in [9.17, 15) is 13.6 Å². The molecule has 0 radical (unpaired) electrons. The molecule has 4 rings (SSSR count). The minimum atomic E-state index is -0.860. The molecular weight excluding hydrogens is 360 g/mol. The second kappa shape index (κ2) is 7.38. The van der Waals surface area contributed by atoms with Gasteiger partial charge in [-0.25, -0.2) is 9.37 Å². The number of aromatic nitrogens is 1. The van der Waals surface area contributed by atoms with Crippen LogP contribution in [0.3, 0.4) is 0 Å². The molecule has 0 unspecified atom stereocenters. The largest absolute Gasteiger partial charge is 0.375 e. The molecule has 0 aromatic carbocycles. The fourth-order valence-corrected chi connectivity index (χ4v) is 4.39. The smallest absolute Gasteiger partial charge is 0.257 e. The number of halogens is 2. The van der Waals surface area contributed by atoms with Gasteiger partial charge in [-0.15, -0.1) is 11.3 Å². The Labute approximate surface area is 154 Å². The summed E-state index contributed by atoms with van der Waals surface area (Å²) in [7, 11) is 0. The van der Waals surface area contributed by atoms with Gasteiger partial charge < -0.3 is 9.64 Å². The van der Waals surface area contributed by atoms with Crippen LogP contribution in [0, 0.1) is 17.7 Å². The van der Waals surface area contributed by atoms with E-state index in [4.69, 9.17) is 4.74 Å². The van der Waals surface area contributed by atoms with Crippen molar-refractivity contribution >= 4 is 17.2 Å². The van der Waals surface area contributed by atoms with E-state index in [1.54, 1.807) is 16.2 Å². The Morgan fingerprint density at radius 2 is 2.23 bits per heavy atom. The van der Waals surface area contributed by atoms with Gasteiger partial charge >= 0.3 is 0 Å². The van der Waals surface area contributed by atoms with E-state index >= 15 is 0 Å². The molecule has 26 heavy (non-hydrogen) atoms. The molecule has 0 saturated carbocycles. The first-order valence-electron chi connectivity index (χ1n) is 8.57. The van der Waals surface area contributed by atoms with Gasteiger partial charge in [-0.3, -0.25) is 9.69 Å². The van der Waals surface area contributed by atoms with E-state index in [-0.39, 0.29) is 17.6 Å². The standard InChI is InChI=1S/C18H19F2N3O2S/c19-15-7-21-17(20)6-14(15)18(24)23-9-12-8-22(3-4-25-16(12)11-23)10-13-2-1-5-26-13/h1-2,5-7,12,16H,3-4,8-11H2/t12-,16+/m0/s1. The number of hydrogen-bond donors (Lipinski definition) is 0. The molecule has 2 aliphatic heterocycles. The van der Waals surface area contributed by atoms with Crippen LogP contribution >= 0.6 is 11.3 Å². The molecular formula is C18H19F2N3O2S. The number of likely N-dealkylation sites (tertiary alicyclic amines) is 1. The van der Waals surface area contributed by atoms with E-state index in [0.29, 0.717) is 19.7 Å². The van der Waals surface area contributed by atoms with Gasteiger partial charge in [0, 0.05) is 49.6 Å². The number of carbonyl (C=O) groups excluding carboxylic acids is 1. The molecule has 0 spiro atoms. The van der Waals surface area contributed by atoms with E-state index in [1.165, 1.54) is 4.88 Å². The minimum Gasteiger partial charge on any atom is -0.375 e. The second-order valence-corrected chi connectivity index (χ2v) is 7.71. The molecule has 2 aromatic rings. The maximum Gasteiger partial charge on any atom is 0.257 e. The van der Waals surface area contributed by atoms with Crippen LogP contribution in [0.4, 0.5) is 8.78 Å². The third-order valence-electron chi connectivity index (χ3n) is 4.91. The normalized spacial score (nSPS) is 23.7. The van der Waals surface area contributed by atoms with E-state index in [0.717, 1.165) is 31.9 Å².